The van der Waals surface area contributed by atoms with E-state index in [0.29, 0.717) is 28.4 Å². The van der Waals surface area contributed by atoms with Crippen LogP contribution >= 0.6 is 0 Å². The molecule has 0 saturated carbocycles. The number of carbonyl (C=O) groups is 1. The number of nitrogens with one attached hydrogen (secondary N) is 1. The number of hydrogen-bond acceptors (Lipinski definition) is 5. The van der Waals surface area contributed by atoms with E-state index >= 15 is 0 Å². The average molecular weight is 484 g/mol. The molecule has 0 aliphatic rings. The molecule has 1 N–H and O–H groups in total. The molecule has 0 spiro atoms. The summed E-state index contributed by atoms with van der Waals surface area (Å²) in [7, 11) is 1.53. The largest absolute Gasteiger partial charge is 0.493 e. The number of carbonyl (C=O) groups excluding carboxylic acids is 1. The molecule has 2 aromatic carbocycles. The zero-order valence-electron chi connectivity index (χ0n) is 19.5. The molecule has 182 valence electrons. The molecule has 0 saturated heterocycles. The Morgan fingerprint density at radius 3 is 2.37 bits per heavy atom. The van der Waals surface area contributed by atoms with Gasteiger partial charge in [-0.25, -0.2) is 9.50 Å². The molecule has 0 atom stereocenters. The summed E-state index contributed by atoms with van der Waals surface area (Å²) < 4.78 is 53.3. The summed E-state index contributed by atoms with van der Waals surface area (Å²) in [6.07, 6.45) is -3.06. The second-order valence-corrected chi connectivity index (χ2v) is 8.82. The van der Waals surface area contributed by atoms with Crippen molar-refractivity contribution in [1.29, 1.82) is 0 Å². The van der Waals surface area contributed by atoms with Crippen LogP contribution in [0, 0.1) is 5.41 Å². The number of imidazole rings is 1. The number of para-hydroxylation sites is 2. The predicted molar refractivity (Wildman–Crippen MR) is 125 cm³/mol. The van der Waals surface area contributed by atoms with Gasteiger partial charge in [0.05, 0.1) is 30.3 Å². The highest BCUT2D eigenvalue weighted by Gasteiger charge is 2.35. The molecule has 1 amide bonds. The molecule has 4 aromatic rings. The van der Waals surface area contributed by atoms with E-state index < -0.39 is 23.1 Å². The van der Waals surface area contributed by atoms with Crippen molar-refractivity contribution in [2.45, 2.75) is 26.9 Å². The molecule has 0 aliphatic carbocycles. The second-order valence-electron chi connectivity index (χ2n) is 8.82. The van der Waals surface area contributed by atoms with E-state index in [1.165, 1.54) is 23.8 Å². The molecule has 0 unspecified atom stereocenters. The van der Waals surface area contributed by atoms with Crippen LogP contribution in [0.3, 0.4) is 0 Å². The lowest BCUT2D eigenvalue weighted by atomic mass is 9.95. The maximum atomic E-state index is 13.6. The Morgan fingerprint density at radius 1 is 1.00 bits per heavy atom. The minimum Gasteiger partial charge on any atom is -0.493 e. The smallest absolute Gasteiger partial charge is 0.418 e. The molecular formula is C25H23F3N4O3. The number of rotatable bonds is 5. The van der Waals surface area contributed by atoms with Gasteiger partial charge in [0.25, 0.3) is 0 Å². The molecule has 0 radical (unpaired) electrons. The van der Waals surface area contributed by atoms with Crippen molar-refractivity contribution in [2.75, 3.05) is 12.4 Å². The Bertz CT molecular complexity index is 1390. The minimum absolute atomic E-state index is 0.275. The van der Waals surface area contributed by atoms with E-state index in [-0.39, 0.29) is 11.6 Å². The Hall–Kier alpha value is -4.08. The summed E-state index contributed by atoms with van der Waals surface area (Å²) >= 11 is 0. The van der Waals surface area contributed by atoms with Crippen LogP contribution in [0.5, 0.6) is 17.4 Å². The van der Waals surface area contributed by atoms with E-state index in [0.717, 1.165) is 6.07 Å². The summed E-state index contributed by atoms with van der Waals surface area (Å²) in [6.45, 7) is 4.87. The Balaban J connectivity index is 1.69. The summed E-state index contributed by atoms with van der Waals surface area (Å²) in [5.41, 5.74) is -0.906. The van der Waals surface area contributed by atoms with Gasteiger partial charge in [-0.2, -0.15) is 13.2 Å². The van der Waals surface area contributed by atoms with Gasteiger partial charge in [0.15, 0.2) is 17.1 Å². The third kappa shape index (κ3) is 5.21. The maximum absolute atomic E-state index is 13.6. The number of fused-ring (bicyclic) bond motifs is 1. The molecular weight excluding hydrogens is 461 g/mol. The van der Waals surface area contributed by atoms with Gasteiger partial charge < -0.3 is 14.8 Å². The van der Waals surface area contributed by atoms with Gasteiger partial charge in [-0.05, 0) is 30.3 Å². The number of hydrogen-bond donors (Lipinski definition) is 1. The number of methoxy groups -OCH3 is 1. The molecule has 2 heterocycles. The summed E-state index contributed by atoms with van der Waals surface area (Å²) in [5.74, 6) is 0.755. The number of amides is 1. The van der Waals surface area contributed by atoms with Crippen molar-refractivity contribution >= 4 is 17.2 Å². The first-order valence-corrected chi connectivity index (χ1v) is 10.7. The summed E-state index contributed by atoms with van der Waals surface area (Å²) in [5, 5.41) is 6.79. The summed E-state index contributed by atoms with van der Waals surface area (Å²) in [4.78, 5) is 16.9. The number of anilines is 1. The third-order valence-electron chi connectivity index (χ3n) is 5.13. The van der Waals surface area contributed by atoms with E-state index in [4.69, 9.17) is 9.47 Å². The SMILES string of the molecule is COc1ccccc1Oc1ccc2nc(-c3ccc(C(F)(F)F)c(NC(=O)C(C)(C)C)c3)cn2n1. The van der Waals surface area contributed by atoms with Gasteiger partial charge in [-0.1, -0.05) is 39.0 Å². The maximum Gasteiger partial charge on any atom is 0.418 e. The lowest BCUT2D eigenvalue weighted by Gasteiger charge is -2.20. The fourth-order valence-electron chi connectivity index (χ4n) is 3.24. The summed E-state index contributed by atoms with van der Waals surface area (Å²) in [6, 6.07) is 13.9. The zero-order valence-corrected chi connectivity index (χ0v) is 19.5. The van der Waals surface area contributed by atoms with Crippen molar-refractivity contribution in [1.82, 2.24) is 14.6 Å². The van der Waals surface area contributed by atoms with Gasteiger partial charge in [0.2, 0.25) is 11.8 Å². The van der Waals surface area contributed by atoms with Gasteiger partial charge in [-0.15, -0.1) is 5.10 Å². The van der Waals surface area contributed by atoms with Crippen LogP contribution in [0.1, 0.15) is 26.3 Å². The van der Waals surface area contributed by atoms with Crippen molar-refractivity contribution in [2.24, 2.45) is 5.41 Å². The number of alkyl halides is 3. The van der Waals surface area contributed by atoms with E-state index in [1.54, 1.807) is 57.3 Å². The zero-order chi connectivity index (χ0) is 25.4. The Labute approximate surface area is 199 Å². The minimum atomic E-state index is -4.63. The molecule has 7 nitrogen and oxygen atoms in total. The molecule has 10 heteroatoms. The number of ether oxygens (including phenoxy) is 2. The average Bonchev–Trinajstić information content (AvgIpc) is 3.21. The predicted octanol–water partition coefficient (Wildman–Crippen LogP) is 6.20. The van der Waals surface area contributed by atoms with Crippen LogP contribution in [0.25, 0.3) is 16.9 Å². The number of nitrogens with zero attached hydrogens (tertiary/aromatic N) is 3. The van der Waals surface area contributed by atoms with Crippen LogP contribution in [-0.2, 0) is 11.0 Å². The molecule has 0 fully saturated rings. The fourth-order valence-corrected chi connectivity index (χ4v) is 3.24. The van der Waals surface area contributed by atoms with Crippen LogP contribution in [0.4, 0.5) is 18.9 Å². The van der Waals surface area contributed by atoms with Crippen molar-refractivity contribution in [3.05, 3.63) is 66.4 Å². The standard InChI is InChI=1S/C25H23F3N4O3/c1-24(2,3)23(33)30-17-13-15(9-10-16(17)25(26,27)28)18-14-32-21(29-18)11-12-22(31-32)35-20-8-6-5-7-19(20)34-4/h5-14H,1-4H3,(H,30,33). The highest BCUT2D eigenvalue weighted by Crippen LogP contribution is 2.38. The van der Waals surface area contributed by atoms with Gasteiger partial charge in [0.1, 0.15) is 0 Å². The third-order valence-corrected chi connectivity index (χ3v) is 5.13. The number of benzene rings is 2. The lowest BCUT2D eigenvalue weighted by molar-refractivity contribution is -0.137. The van der Waals surface area contributed by atoms with Crippen LogP contribution in [-0.4, -0.2) is 27.6 Å². The van der Waals surface area contributed by atoms with Gasteiger partial charge in [-0.3, -0.25) is 4.79 Å². The van der Waals surface area contributed by atoms with Crippen molar-refractivity contribution in [3.63, 3.8) is 0 Å². The van der Waals surface area contributed by atoms with E-state index in [2.05, 4.69) is 15.4 Å². The molecule has 2 aromatic heterocycles. The fraction of sp³-hybridized carbons (Fsp3) is 0.240. The first-order chi connectivity index (χ1) is 16.5. The Kier molecular flexibility index (Phi) is 6.14. The number of aromatic nitrogens is 3. The highest BCUT2D eigenvalue weighted by atomic mass is 19.4. The highest BCUT2D eigenvalue weighted by molar-refractivity contribution is 5.96. The topological polar surface area (TPSA) is 77.8 Å². The normalized spacial score (nSPS) is 12.0. The van der Waals surface area contributed by atoms with E-state index in [9.17, 15) is 18.0 Å². The first-order valence-electron chi connectivity index (χ1n) is 10.7. The van der Waals surface area contributed by atoms with Gasteiger partial charge in [0, 0.05) is 17.0 Å². The number of halogens is 3. The second kappa shape index (κ2) is 8.94. The quantitative estimate of drug-likeness (QED) is 0.365. The Morgan fingerprint density at radius 2 is 1.71 bits per heavy atom. The van der Waals surface area contributed by atoms with Crippen LogP contribution < -0.4 is 14.8 Å². The molecule has 0 bridgehead atoms. The van der Waals surface area contributed by atoms with Crippen molar-refractivity contribution < 1.29 is 27.4 Å². The van der Waals surface area contributed by atoms with Crippen molar-refractivity contribution in [3.8, 4) is 28.6 Å². The molecule has 35 heavy (non-hydrogen) atoms. The molecule has 4 rings (SSSR count). The van der Waals surface area contributed by atoms with Crippen LogP contribution in [0.2, 0.25) is 0 Å². The monoisotopic (exact) mass is 484 g/mol. The van der Waals surface area contributed by atoms with Gasteiger partial charge >= 0.3 is 6.18 Å². The van der Waals surface area contributed by atoms with E-state index in [1.807, 2.05) is 6.07 Å². The first kappa shape index (κ1) is 24.1. The molecule has 0 aliphatic heterocycles. The van der Waals surface area contributed by atoms with Crippen LogP contribution in [0.15, 0.2) is 60.8 Å². The lowest BCUT2D eigenvalue weighted by Crippen LogP contribution is -2.28.